The van der Waals surface area contributed by atoms with Crippen molar-refractivity contribution in [2.45, 2.75) is 405 Å². The average Bonchev–Trinajstić information content (AvgIpc) is 3.65. The lowest BCUT2D eigenvalue weighted by atomic mass is 10.0. The van der Waals surface area contributed by atoms with Gasteiger partial charge in [0.15, 0.2) is 6.10 Å². The second-order valence-corrected chi connectivity index (χ2v) is 27.3. The Balaban J connectivity index is 3.78. The Morgan fingerprint density at radius 3 is 0.897 bits per heavy atom. The van der Waals surface area contributed by atoms with Crippen LogP contribution in [0.2, 0.25) is 0 Å². The quantitative estimate of drug-likeness (QED) is 0.0264. The molecule has 2 atom stereocenters. The topological polar surface area (TPSA) is 134 Å². The molecule has 10 heteroatoms. The van der Waals surface area contributed by atoms with Gasteiger partial charge in [-0.05, 0) is 77.0 Å². The highest BCUT2D eigenvalue weighted by Gasteiger charge is 2.26. The molecular formula is C77H146NO8P. The van der Waals surface area contributed by atoms with Crippen LogP contribution in [0.5, 0.6) is 0 Å². The van der Waals surface area contributed by atoms with E-state index in [0.717, 1.165) is 44.9 Å². The molecule has 0 aromatic carbocycles. The summed E-state index contributed by atoms with van der Waals surface area (Å²) in [6.45, 7) is 3.81. The minimum atomic E-state index is -4.39. The zero-order valence-corrected chi connectivity index (χ0v) is 58.7. The van der Waals surface area contributed by atoms with Gasteiger partial charge in [-0.1, -0.05) is 358 Å². The van der Waals surface area contributed by atoms with E-state index in [4.69, 9.17) is 24.3 Å². The second kappa shape index (κ2) is 73.0. The molecule has 0 heterocycles. The molecule has 0 bridgehead atoms. The van der Waals surface area contributed by atoms with Crippen molar-refractivity contribution >= 4 is 19.8 Å². The molecule has 0 radical (unpaired) electrons. The summed E-state index contributed by atoms with van der Waals surface area (Å²) in [7, 11) is -4.39. The molecule has 0 rings (SSSR count). The fourth-order valence-electron chi connectivity index (χ4n) is 11.5. The third-order valence-corrected chi connectivity index (χ3v) is 18.2. The summed E-state index contributed by atoms with van der Waals surface area (Å²) in [6, 6.07) is 0. The maximum atomic E-state index is 12.8. The summed E-state index contributed by atoms with van der Waals surface area (Å²) >= 11 is 0. The molecule has 0 aromatic rings. The zero-order chi connectivity index (χ0) is 63.0. The Labute approximate surface area is 540 Å². The largest absolute Gasteiger partial charge is 0.472 e. The fourth-order valence-corrected chi connectivity index (χ4v) is 12.3. The standard InChI is InChI=1S/C77H146NO8P/c1-3-5-7-9-11-13-15-17-19-21-23-25-27-29-31-33-34-35-36-37-38-39-40-42-44-46-48-50-52-54-56-58-60-62-64-66-68-70-77(80)86-75(74-85-87(81,82)84-72-71-78)73-83-76(79)69-67-65-63-61-59-57-55-53-51-49-47-45-43-41-32-30-28-26-24-22-20-18-16-14-12-10-8-6-4-2/h15,17,21-24,27,29,75H,3-14,16,18-20,25-26,28,30-74,78H2,1-2H3,(H,81,82)/b17-15-,23-21-,24-22-,29-27-. The van der Waals surface area contributed by atoms with E-state index in [2.05, 4.69) is 62.5 Å². The Morgan fingerprint density at radius 2 is 0.598 bits per heavy atom. The van der Waals surface area contributed by atoms with Gasteiger partial charge in [0.05, 0.1) is 13.2 Å². The summed E-state index contributed by atoms with van der Waals surface area (Å²) in [5, 5.41) is 0. The molecule has 9 nitrogen and oxygen atoms in total. The third kappa shape index (κ3) is 72.9. The Bertz CT molecular complexity index is 1570. The van der Waals surface area contributed by atoms with Crippen molar-refractivity contribution in [1.82, 2.24) is 0 Å². The van der Waals surface area contributed by atoms with Gasteiger partial charge in [0.2, 0.25) is 0 Å². The SMILES string of the molecule is CCCCCCC/C=C\C/C=C\C/C=C\CCCCCCCCCCCCCCCCCCCCCCCCC(=O)OC(COC(=O)CCCCCCCCCCCCCCCCCCC/C=C\CCCCCCCCCC)COP(=O)(O)OCCN. The highest BCUT2D eigenvalue weighted by atomic mass is 31.2. The van der Waals surface area contributed by atoms with Crippen molar-refractivity contribution < 1.29 is 37.6 Å². The number of hydrogen-bond donors (Lipinski definition) is 2. The molecule has 0 fully saturated rings. The van der Waals surface area contributed by atoms with Crippen LogP contribution in [0.3, 0.4) is 0 Å². The lowest BCUT2D eigenvalue weighted by Crippen LogP contribution is -2.29. The lowest BCUT2D eigenvalue weighted by molar-refractivity contribution is -0.161. The van der Waals surface area contributed by atoms with E-state index in [9.17, 15) is 19.0 Å². The van der Waals surface area contributed by atoms with Crippen LogP contribution in [0.15, 0.2) is 48.6 Å². The normalized spacial score (nSPS) is 13.1. The van der Waals surface area contributed by atoms with Crippen LogP contribution in [0.25, 0.3) is 0 Å². The molecule has 512 valence electrons. The average molecular weight is 1240 g/mol. The minimum Gasteiger partial charge on any atom is -0.462 e. The molecule has 0 amide bonds. The minimum absolute atomic E-state index is 0.0557. The first-order valence-electron chi connectivity index (χ1n) is 38.1. The van der Waals surface area contributed by atoms with Gasteiger partial charge in [-0.3, -0.25) is 18.6 Å². The first-order valence-corrected chi connectivity index (χ1v) is 39.6. The Hall–Kier alpha value is -2.03. The van der Waals surface area contributed by atoms with E-state index in [0.29, 0.717) is 6.42 Å². The molecule has 3 N–H and O–H groups in total. The summed E-state index contributed by atoms with van der Waals surface area (Å²) < 4.78 is 33.2. The number of ether oxygens (including phenoxy) is 2. The molecule has 0 spiro atoms. The highest BCUT2D eigenvalue weighted by Crippen LogP contribution is 2.43. The van der Waals surface area contributed by atoms with Gasteiger partial charge in [-0.15, -0.1) is 0 Å². The van der Waals surface area contributed by atoms with Crippen molar-refractivity contribution in [3.05, 3.63) is 48.6 Å². The van der Waals surface area contributed by atoms with Crippen molar-refractivity contribution in [3.63, 3.8) is 0 Å². The second-order valence-electron chi connectivity index (χ2n) is 25.9. The smallest absolute Gasteiger partial charge is 0.462 e. The van der Waals surface area contributed by atoms with Gasteiger partial charge in [0.25, 0.3) is 0 Å². The van der Waals surface area contributed by atoms with Crippen molar-refractivity contribution in [2.75, 3.05) is 26.4 Å². The maximum absolute atomic E-state index is 12.8. The number of esters is 2. The van der Waals surface area contributed by atoms with E-state index in [1.807, 2.05) is 0 Å². The van der Waals surface area contributed by atoms with Crippen molar-refractivity contribution in [1.29, 1.82) is 0 Å². The molecule has 0 saturated heterocycles. The number of unbranched alkanes of at least 4 members (excludes halogenated alkanes) is 52. The number of nitrogens with two attached hydrogens (primary N) is 1. The molecule has 2 unspecified atom stereocenters. The van der Waals surface area contributed by atoms with Crippen molar-refractivity contribution in [2.24, 2.45) is 5.73 Å². The highest BCUT2D eigenvalue weighted by molar-refractivity contribution is 7.47. The molecule has 0 aromatic heterocycles. The molecule has 0 aliphatic heterocycles. The fraction of sp³-hybridized carbons (Fsp3) is 0.870. The predicted molar refractivity (Wildman–Crippen MR) is 377 cm³/mol. The summed E-state index contributed by atoms with van der Waals surface area (Å²) in [6.07, 6.45) is 93.8. The monoisotopic (exact) mass is 1240 g/mol. The molecular weight excluding hydrogens is 1100 g/mol. The number of phosphoric acid groups is 1. The number of allylic oxidation sites excluding steroid dienone is 8. The predicted octanol–water partition coefficient (Wildman–Crippen LogP) is 25.2. The van der Waals surface area contributed by atoms with E-state index >= 15 is 0 Å². The van der Waals surface area contributed by atoms with Gasteiger partial charge < -0.3 is 20.1 Å². The van der Waals surface area contributed by atoms with E-state index in [1.165, 1.54) is 321 Å². The lowest BCUT2D eigenvalue weighted by Gasteiger charge is -2.19. The number of rotatable bonds is 73. The Kier molecular flexibility index (Phi) is 71.3. The summed E-state index contributed by atoms with van der Waals surface area (Å²) in [4.78, 5) is 35.4. The Morgan fingerprint density at radius 1 is 0.345 bits per heavy atom. The van der Waals surface area contributed by atoms with E-state index < -0.39 is 26.5 Å². The molecule has 0 saturated carbocycles. The van der Waals surface area contributed by atoms with Crippen LogP contribution in [0.4, 0.5) is 0 Å². The molecule has 0 aliphatic rings. The first kappa shape index (κ1) is 85.0. The molecule has 87 heavy (non-hydrogen) atoms. The molecule has 0 aliphatic carbocycles. The third-order valence-electron chi connectivity index (χ3n) is 17.2. The number of carbonyl (C=O) groups excluding carboxylic acids is 2. The van der Waals surface area contributed by atoms with Crippen LogP contribution in [-0.2, 0) is 32.7 Å². The summed E-state index contributed by atoms with van der Waals surface area (Å²) in [5.74, 6) is -0.804. The van der Waals surface area contributed by atoms with Crippen LogP contribution < -0.4 is 5.73 Å². The van der Waals surface area contributed by atoms with E-state index in [-0.39, 0.29) is 38.6 Å². The zero-order valence-electron chi connectivity index (χ0n) is 57.8. The van der Waals surface area contributed by atoms with Gasteiger partial charge in [0.1, 0.15) is 6.61 Å². The van der Waals surface area contributed by atoms with Gasteiger partial charge >= 0.3 is 19.8 Å². The van der Waals surface area contributed by atoms with Gasteiger partial charge in [-0.2, -0.15) is 0 Å². The van der Waals surface area contributed by atoms with Crippen LogP contribution in [-0.4, -0.2) is 49.3 Å². The van der Waals surface area contributed by atoms with Crippen LogP contribution in [0.1, 0.15) is 399 Å². The number of carbonyl (C=O) groups is 2. The van der Waals surface area contributed by atoms with Gasteiger partial charge in [-0.25, -0.2) is 4.57 Å². The first-order chi connectivity index (χ1) is 42.8. The van der Waals surface area contributed by atoms with Gasteiger partial charge in [0, 0.05) is 19.4 Å². The van der Waals surface area contributed by atoms with Crippen LogP contribution in [0, 0.1) is 0 Å². The maximum Gasteiger partial charge on any atom is 0.472 e. The van der Waals surface area contributed by atoms with Crippen LogP contribution >= 0.6 is 7.82 Å². The van der Waals surface area contributed by atoms with E-state index in [1.54, 1.807) is 0 Å². The van der Waals surface area contributed by atoms with Crippen molar-refractivity contribution in [3.8, 4) is 0 Å². The summed E-state index contributed by atoms with van der Waals surface area (Å²) in [5.41, 5.74) is 5.41. The number of phosphoric ester groups is 1. The number of hydrogen-bond acceptors (Lipinski definition) is 8.